The van der Waals surface area contributed by atoms with E-state index < -0.39 is 6.10 Å². The van der Waals surface area contributed by atoms with E-state index in [4.69, 9.17) is 10.1 Å². The summed E-state index contributed by atoms with van der Waals surface area (Å²) in [6.07, 6.45) is 5.46. The molecule has 1 unspecified atom stereocenters. The first kappa shape index (κ1) is 15.8. The van der Waals surface area contributed by atoms with Gasteiger partial charge in [-0.1, -0.05) is 25.3 Å². The fraction of sp³-hybridized carbons (Fsp3) is 0.588. The monoisotopic (exact) mass is 291 g/mol. The molecule has 1 atom stereocenters. The Morgan fingerprint density at radius 3 is 2.71 bits per heavy atom. The van der Waals surface area contributed by atoms with E-state index in [1.54, 1.807) is 18.2 Å². The maximum atomic E-state index is 10.3. The molecule has 0 aliphatic heterocycles. The molecule has 0 saturated heterocycles. The van der Waals surface area contributed by atoms with Crippen LogP contribution in [-0.2, 0) is 0 Å². The lowest BCUT2D eigenvalue weighted by atomic mass is 9.83. The molecule has 1 aromatic rings. The van der Waals surface area contributed by atoms with E-state index in [2.05, 4.69) is 0 Å². The van der Waals surface area contributed by atoms with Crippen molar-refractivity contribution in [3.8, 4) is 11.5 Å². The van der Waals surface area contributed by atoms with Crippen molar-refractivity contribution < 1.29 is 14.9 Å². The molecule has 1 aliphatic carbocycles. The second kappa shape index (κ2) is 7.46. The van der Waals surface area contributed by atoms with Crippen LogP contribution >= 0.6 is 0 Å². The van der Waals surface area contributed by atoms with Crippen LogP contribution < -0.4 is 4.74 Å². The topological polar surface area (TPSA) is 73.5 Å². The van der Waals surface area contributed by atoms with Crippen molar-refractivity contribution in [3.05, 3.63) is 23.8 Å². The van der Waals surface area contributed by atoms with Gasteiger partial charge in [-0.2, -0.15) is 0 Å². The van der Waals surface area contributed by atoms with Gasteiger partial charge >= 0.3 is 0 Å². The zero-order chi connectivity index (χ0) is 15.2. The molecule has 3 N–H and O–H groups in total. The summed E-state index contributed by atoms with van der Waals surface area (Å²) < 4.78 is 5.34. The van der Waals surface area contributed by atoms with Crippen LogP contribution in [0.1, 0.15) is 51.0 Å². The predicted molar refractivity (Wildman–Crippen MR) is 83.3 cm³/mol. The molecule has 1 saturated carbocycles. The average Bonchev–Trinajstić information content (AvgIpc) is 2.50. The van der Waals surface area contributed by atoms with E-state index in [1.807, 2.05) is 6.92 Å². The van der Waals surface area contributed by atoms with Gasteiger partial charge in [-0.05, 0) is 37.8 Å². The van der Waals surface area contributed by atoms with Gasteiger partial charge in [-0.25, -0.2) is 0 Å². The van der Waals surface area contributed by atoms with Crippen molar-refractivity contribution in [1.29, 1.82) is 5.41 Å². The van der Waals surface area contributed by atoms with E-state index in [0.717, 1.165) is 12.8 Å². The Labute approximate surface area is 126 Å². The predicted octanol–water partition coefficient (Wildman–Crippen LogP) is 3.49. The summed E-state index contributed by atoms with van der Waals surface area (Å²) in [5.74, 6) is 0.684. The zero-order valence-electron chi connectivity index (χ0n) is 12.6. The third kappa shape index (κ3) is 3.97. The van der Waals surface area contributed by atoms with E-state index in [0.29, 0.717) is 17.9 Å². The smallest absolute Gasteiger partial charge is 0.166 e. The summed E-state index contributed by atoms with van der Waals surface area (Å²) in [5, 5.41) is 28.7. The van der Waals surface area contributed by atoms with Gasteiger partial charge in [-0.3, -0.25) is 0 Å². The number of hydrogen-bond donors (Lipinski definition) is 3. The number of phenolic OH excluding ortho intramolecular Hbond substituents is 1. The second-order valence-electron chi connectivity index (χ2n) is 5.73. The number of para-hydroxylation sites is 1. The fourth-order valence-corrected chi connectivity index (χ4v) is 3.04. The summed E-state index contributed by atoms with van der Waals surface area (Å²) in [5.41, 5.74) is 0.725. The molecular formula is C17H25NO3. The van der Waals surface area contributed by atoms with Crippen molar-refractivity contribution in [2.24, 2.45) is 5.92 Å². The SMILES string of the molecule is CCOc1cccc(C(=N)CC(O)C2CCCCC2)c1O. The molecule has 0 aromatic heterocycles. The lowest BCUT2D eigenvalue weighted by molar-refractivity contribution is 0.0910. The highest BCUT2D eigenvalue weighted by atomic mass is 16.5. The van der Waals surface area contributed by atoms with Crippen LogP contribution in [0.4, 0.5) is 0 Å². The Morgan fingerprint density at radius 2 is 2.05 bits per heavy atom. The van der Waals surface area contributed by atoms with Crippen LogP contribution in [0.15, 0.2) is 18.2 Å². The zero-order valence-corrected chi connectivity index (χ0v) is 12.6. The van der Waals surface area contributed by atoms with Gasteiger partial charge in [0, 0.05) is 17.7 Å². The van der Waals surface area contributed by atoms with Crippen LogP contribution in [0, 0.1) is 11.3 Å². The van der Waals surface area contributed by atoms with E-state index in [9.17, 15) is 10.2 Å². The van der Waals surface area contributed by atoms with E-state index in [1.165, 1.54) is 19.3 Å². The molecule has 21 heavy (non-hydrogen) atoms. The van der Waals surface area contributed by atoms with Crippen molar-refractivity contribution >= 4 is 5.71 Å². The third-order valence-corrected chi connectivity index (χ3v) is 4.23. The Morgan fingerprint density at radius 1 is 1.33 bits per heavy atom. The highest BCUT2D eigenvalue weighted by molar-refractivity contribution is 6.01. The minimum Gasteiger partial charge on any atom is -0.504 e. The summed E-state index contributed by atoms with van der Waals surface area (Å²) in [6.45, 7) is 2.32. The lowest BCUT2D eigenvalue weighted by Gasteiger charge is -2.26. The number of aromatic hydroxyl groups is 1. The van der Waals surface area contributed by atoms with Crippen LogP contribution in [0.5, 0.6) is 11.5 Å². The molecule has 0 radical (unpaired) electrons. The van der Waals surface area contributed by atoms with Gasteiger partial charge in [-0.15, -0.1) is 0 Å². The van der Waals surface area contributed by atoms with Gasteiger partial charge in [0.05, 0.1) is 12.7 Å². The maximum absolute atomic E-state index is 10.3. The number of aliphatic hydroxyl groups excluding tert-OH is 1. The van der Waals surface area contributed by atoms with Crippen LogP contribution in [0.3, 0.4) is 0 Å². The minimum absolute atomic E-state index is 0.000180. The highest BCUT2D eigenvalue weighted by Gasteiger charge is 2.24. The third-order valence-electron chi connectivity index (χ3n) is 4.23. The molecule has 1 aromatic carbocycles. The molecule has 0 spiro atoms. The second-order valence-corrected chi connectivity index (χ2v) is 5.73. The number of hydrogen-bond acceptors (Lipinski definition) is 4. The molecule has 4 heteroatoms. The van der Waals surface area contributed by atoms with Gasteiger partial charge < -0.3 is 20.4 Å². The first-order valence-electron chi connectivity index (χ1n) is 7.84. The lowest BCUT2D eigenvalue weighted by Crippen LogP contribution is -2.25. The Bertz CT molecular complexity index is 481. The van der Waals surface area contributed by atoms with Crippen LogP contribution in [-0.4, -0.2) is 28.6 Å². The molecule has 116 valence electrons. The number of aliphatic hydroxyl groups is 1. The first-order valence-corrected chi connectivity index (χ1v) is 7.84. The quantitative estimate of drug-likeness (QED) is 0.702. The molecule has 0 amide bonds. The average molecular weight is 291 g/mol. The van der Waals surface area contributed by atoms with Crippen molar-refractivity contribution in [1.82, 2.24) is 0 Å². The van der Waals surface area contributed by atoms with E-state index >= 15 is 0 Å². The molecule has 1 fully saturated rings. The first-order chi connectivity index (χ1) is 10.1. The molecule has 0 heterocycles. The van der Waals surface area contributed by atoms with Gasteiger partial charge in [0.1, 0.15) is 0 Å². The largest absolute Gasteiger partial charge is 0.504 e. The molecule has 4 nitrogen and oxygen atoms in total. The number of nitrogens with one attached hydrogen (secondary N) is 1. The highest BCUT2D eigenvalue weighted by Crippen LogP contribution is 2.32. The van der Waals surface area contributed by atoms with Crippen molar-refractivity contribution in [2.45, 2.75) is 51.6 Å². The van der Waals surface area contributed by atoms with Crippen molar-refractivity contribution in [3.63, 3.8) is 0 Å². The minimum atomic E-state index is -0.493. The summed E-state index contributed by atoms with van der Waals surface area (Å²) in [7, 11) is 0. The van der Waals surface area contributed by atoms with Gasteiger partial charge in [0.25, 0.3) is 0 Å². The number of rotatable bonds is 6. The van der Waals surface area contributed by atoms with Gasteiger partial charge in [0.15, 0.2) is 11.5 Å². The summed E-state index contributed by atoms with van der Waals surface area (Å²) in [4.78, 5) is 0. The summed E-state index contributed by atoms with van der Waals surface area (Å²) in [6, 6.07) is 5.16. The fourth-order valence-electron chi connectivity index (χ4n) is 3.04. The van der Waals surface area contributed by atoms with E-state index in [-0.39, 0.29) is 23.8 Å². The van der Waals surface area contributed by atoms with Gasteiger partial charge in [0.2, 0.25) is 0 Å². The molecular weight excluding hydrogens is 266 g/mol. The standard InChI is InChI=1S/C17H25NO3/c1-2-21-16-10-6-9-13(17(16)20)14(18)11-15(19)12-7-4-3-5-8-12/h6,9-10,12,15,18-20H,2-5,7-8,11H2,1H3. The van der Waals surface area contributed by atoms with Crippen LogP contribution in [0.25, 0.3) is 0 Å². The molecule has 0 bridgehead atoms. The number of ether oxygens (including phenoxy) is 1. The Balaban J connectivity index is 2.04. The Kier molecular flexibility index (Phi) is 5.62. The number of benzene rings is 1. The van der Waals surface area contributed by atoms with Crippen LogP contribution in [0.2, 0.25) is 0 Å². The summed E-state index contributed by atoms with van der Waals surface area (Å²) >= 11 is 0. The molecule has 2 rings (SSSR count). The number of phenols is 1. The normalized spacial score (nSPS) is 17.4. The Hall–Kier alpha value is -1.55. The molecule has 1 aliphatic rings. The maximum Gasteiger partial charge on any atom is 0.166 e. The van der Waals surface area contributed by atoms with Crippen molar-refractivity contribution in [2.75, 3.05) is 6.61 Å².